The molecule has 0 bridgehead atoms. The van der Waals surface area contributed by atoms with Crippen molar-refractivity contribution < 1.29 is 9.47 Å². The van der Waals surface area contributed by atoms with Crippen LogP contribution in [-0.2, 0) is 6.42 Å². The molecule has 96 valence electrons. The monoisotopic (exact) mass is 349 g/mol. The Bertz CT molecular complexity index is 355. The van der Waals surface area contributed by atoms with Gasteiger partial charge in [-0.05, 0) is 67.7 Å². The number of hydrogen-bond donors (Lipinski definition) is 0. The lowest BCUT2D eigenvalue weighted by Crippen LogP contribution is -2.26. The second-order valence-corrected chi connectivity index (χ2v) is 5.41. The number of benzene rings is 1. The summed E-state index contributed by atoms with van der Waals surface area (Å²) in [6.45, 7) is 2.21. The maximum Gasteiger partial charge on any atom is 0.136 e. The van der Waals surface area contributed by atoms with E-state index in [4.69, 9.17) is 9.47 Å². The normalized spacial score (nSPS) is 12.6. The molecule has 0 saturated carbocycles. The van der Waals surface area contributed by atoms with E-state index in [-0.39, 0.29) is 0 Å². The first-order valence-electron chi connectivity index (χ1n) is 5.56. The Morgan fingerprint density at radius 1 is 1.18 bits per heavy atom. The van der Waals surface area contributed by atoms with Gasteiger partial charge in [0.15, 0.2) is 0 Å². The van der Waals surface area contributed by atoms with Gasteiger partial charge < -0.3 is 14.4 Å². The number of methoxy groups -OCH3 is 2. The van der Waals surface area contributed by atoms with Crippen LogP contribution in [0.25, 0.3) is 0 Å². The van der Waals surface area contributed by atoms with Crippen LogP contribution in [0, 0.1) is 3.57 Å². The van der Waals surface area contributed by atoms with Crippen molar-refractivity contribution >= 4 is 22.6 Å². The Labute approximate surface area is 117 Å². The van der Waals surface area contributed by atoms with Gasteiger partial charge in [-0.15, -0.1) is 0 Å². The molecule has 1 atom stereocenters. The minimum absolute atomic E-state index is 0.490. The van der Waals surface area contributed by atoms with Crippen LogP contribution >= 0.6 is 22.6 Å². The van der Waals surface area contributed by atoms with Gasteiger partial charge in [-0.25, -0.2) is 0 Å². The van der Waals surface area contributed by atoms with Gasteiger partial charge in [0.25, 0.3) is 0 Å². The van der Waals surface area contributed by atoms with E-state index < -0.39 is 0 Å². The van der Waals surface area contributed by atoms with Crippen molar-refractivity contribution in [2.45, 2.75) is 19.4 Å². The Hall–Kier alpha value is -0.490. The smallest absolute Gasteiger partial charge is 0.136 e. The molecule has 3 nitrogen and oxygen atoms in total. The SMILES string of the molecule is COc1cc(CC(C)N(C)C)cc(OC)c1I. The fourth-order valence-corrected chi connectivity index (χ4v) is 2.32. The van der Waals surface area contributed by atoms with E-state index in [1.54, 1.807) is 14.2 Å². The van der Waals surface area contributed by atoms with E-state index in [0.717, 1.165) is 21.5 Å². The molecule has 0 fully saturated rings. The zero-order valence-electron chi connectivity index (χ0n) is 11.1. The highest BCUT2D eigenvalue weighted by atomic mass is 127. The van der Waals surface area contributed by atoms with Gasteiger partial charge in [0.05, 0.1) is 17.8 Å². The highest BCUT2D eigenvalue weighted by Crippen LogP contribution is 2.32. The quantitative estimate of drug-likeness (QED) is 0.763. The Morgan fingerprint density at radius 2 is 1.65 bits per heavy atom. The lowest BCUT2D eigenvalue weighted by molar-refractivity contribution is 0.311. The van der Waals surface area contributed by atoms with Crippen LogP contribution in [0.1, 0.15) is 12.5 Å². The molecule has 0 amide bonds. The van der Waals surface area contributed by atoms with Crippen molar-refractivity contribution in [2.75, 3.05) is 28.3 Å². The Morgan fingerprint density at radius 3 is 2.00 bits per heavy atom. The van der Waals surface area contributed by atoms with Crippen LogP contribution in [0.2, 0.25) is 0 Å². The van der Waals surface area contributed by atoms with Gasteiger partial charge in [0, 0.05) is 6.04 Å². The van der Waals surface area contributed by atoms with Crippen LogP contribution in [0.15, 0.2) is 12.1 Å². The van der Waals surface area contributed by atoms with Crippen LogP contribution in [0.5, 0.6) is 11.5 Å². The van der Waals surface area contributed by atoms with Gasteiger partial charge in [0.1, 0.15) is 11.5 Å². The lowest BCUT2D eigenvalue weighted by Gasteiger charge is -2.20. The van der Waals surface area contributed by atoms with E-state index in [2.05, 4.69) is 60.6 Å². The molecule has 0 aliphatic carbocycles. The summed E-state index contributed by atoms with van der Waals surface area (Å²) >= 11 is 2.24. The van der Waals surface area contributed by atoms with Crippen LogP contribution < -0.4 is 9.47 Å². The predicted molar refractivity (Wildman–Crippen MR) is 79.1 cm³/mol. The summed E-state index contributed by atoms with van der Waals surface area (Å²) in [6.07, 6.45) is 0.983. The highest BCUT2D eigenvalue weighted by molar-refractivity contribution is 14.1. The first-order valence-corrected chi connectivity index (χ1v) is 6.64. The van der Waals surface area contributed by atoms with Crippen molar-refractivity contribution in [2.24, 2.45) is 0 Å². The minimum atomic E-state index is 0.490. The molecule has 0 saturated heterocycles. The van der Waals surface area contributed by atoms with Crippen molar-refractivity contribution in [3.63, 3.8) is 0 Å². The first kappa shape index (κ1) is 14.6. The van der Waals surface area contributed by atoms with Gasteiger partial charge in [0.2, 0.25) is 0 Å². The topological polar surface area (TPSA) is 21.7 Å². The number of ether oxygens (including phenoxy) is 2. The van der Waals surface area contributed by atoms with Crippen LogP contribution in [-0.4, -0.2) is 39.3 Å². The number of rotatable bonds is 5. The number of likely N-dealkylation sites (N-methyl/N-ethyl adjacent to an activating group) is 1. The standard InChI is InChI=1S/C13H20INO2/c1-9(15(2)3)6-10-7-11(16-4)13(14)12(8-10)17-5/h7-9H,6H2,1-5H3. The van der Waals surface area contributed by atoms with Crippen LogP contribution in [0.4, 0.5) is 0 Å². The number of nitrogens with zero attached hydrogens (tertiary/aromatic N) is 1. The Balaban J connectivity index is 3.01. The largest absolute Gasteiger partial charge is 0.495 e. The fourth-order valence-electron chi connectivity index (χ4n) is 1.57. The molecule has 0 aliphatic heterocycles. The average Bonchev–Trinajstić information content (AvgIpc) is 2.30. The van der Waals surface area contributed by atoms with Gasteiger partial charge in [-0.1, -0.05) is 0 Å². The highest BCUT2D eigenvalue weighted by Gasteiger charge is 2.12. The molecule has 1 aromatic carbocycles. The third-order valence-electron chi connectivity index (χ3n) is 2.92. The molecular weight excluding hydrogens is 329 g/mol. The second kappa shape index (κ2) is 6.44. The van der Waals surface area contributed by atoms with E-state index in [1.807, 2.05) is 0 Å². The summed E-state index contributed by atoms with van der Waals surface area (Å²) in [5.74, 6) is 1.76. The molecule has 1 rings (SSSR count). The van der Waals surface area contributed by atoms with Gasteiger partial charge in [-0.2, -0.15) is 0 Å². The summed E-state index contributed by atoms with van der Waals surface area (Å²) in [6, 6.07) is 4.67. The van der Waals surface area contributed by atoms with E-state index in [1.165, 1.54) is 5.56 Å². The molecule has 0 aliphatic rings. The van der Waals surface area contributed by atoms with Gasteiger partial charge in [-0.3, -0.25) is 0 Å². The molecule has 0 spiro atoms. The Kier molecular flexibility index (Phi) is 5.52. The van der Waals surface area contributed by atoms with Gasteiger partial charge >= 0.3 is 0 Å². The second-order valence-electron chi connectivity index (χ2n) is 4.33. The van der Waals surface area contributed by atoms with Crippen molar-refractivity contribution in [1.82, 2.24) is 4.90 Å². The summed E-state index contributed by atoms with van der Waals surface area (Å²) in [4.78, 5) is 2.21. The van der Waals surface area contributed by atoms with Crippen molar-refractivity contribution in [1.29, 1.82) is 0 Å². The third kappa shape index (κ3) is 3.74. The summed E-state index contributed by atoms with van der Waals surface area (Å²) in [7, 11) is 7.56. The lowest BCUT2D eigenvalue weighted by atomic mass is 10.1. The molecule has 0 aromatic heterocycles. The first-order chi connectivity index (χ1) is 7.99. The van der Waals surface area contributed by atoms with E-state index in [0.29, 0.717) is 6.04 Å². The maximum atomic E-state index is 5.37. The predicted octanol–water partition coefficient (Wildman–Crippen LogP) is 2.80. The molecule has 0 radical (unpaired) electrons. The maximum absolute atomic E-state index is 5.37. The number of halogens is 1. The molecule has 17 heavy (non-hydrogen) atoms. The van der Waals surface area contributed by atoms with Crippen LogP contribution in [0.3, 0.4) is 0 Å². The molecule has 1 unspecified atom stereocenters. The molecule has 4 heteroatoms. The zero-order chi connectivity index (χ0) is 13.0. The fraction of sp³-hybridized carbons (Fsp3) is 0.538. The third-order valence-corrected chi connectivity index (χ3v) is 3.98. The number of hydrogen-bond acceptors (Lipinski definition) is 3. The average molecular weight is 349 g/mol. The summed E-state index contributed by atoms with van der Waals surface area (Å²) in [5, 5.41) is 0. The van der Waals surface area contributed by atoms with E-state index >= 15 is 0 Å². The zero-order valence-corrected chi connectivity index (χ0v) is 13.2. The summed E-state index contributed by atoms with van der Waals surface area (Å²) in [5.41, 5.74) is 1.24. The van der Waals surface area contributed by atoms with Crippen molar-refractivity contribution in [3.8, 4) is 11.5 Å². The van der Waals surface area contributed by atoms with E-state index in [9.17, 15) is 0 Å². The summed E-state index contributed by atoms with van der Waals surface area (Å²) < 4.78 is 11.8. The minimum Gasteiger partial charge on any atom is -0.495 e. The molecule has 1 aromatic rings. The molecular formula is C13H20INO2. The molecule has 0 heterocycles. The molecule has 0 N–H and O–H groups in total. The van der Waals surface area contributed by atoms with Crippen molar-refractivity contribution in [3.05, 3.63) is 21.3 Å².